The molecule has 124 valence electrons. The summed E-state index contributed by atoms with van der Waals surface area (Å²) in [5.41, 5.74) is 5.04. The molecule has 2 fully saturated rings. The molecule has 2 aliphatic rings. The quantitative estimate of drug-likeness (QED) is 0.740. The second-order valence-electron chi connectivity index (χ2n) is 6.46. The standard InChI is InChI=1S/C6H12N2.C6H12O.C6H12/c1-6(2)8-5-3-4-7;7-6-4-2-1-3-5-6;1-6-4-2-3-5-6/h3-6H,7H2,1-2H3;6-7H,1-5H2;6H,2-5H2,1H3/b4-3-,8-5?;;. The van der Waals surface area contributed by atoms with Gasteiger partial charge in [-0.05, 0) is 44.9 Å². The molecule has 0 saturated heterocycles. The van der Waals surface area contributed by atoms with Crippen LogP contribution in [0.2, 0.25) is 0 Å². The van der Waals surface area contributed by atoms with E-state index in [1.807, 2.05) is 13.8 Å². The zero-order valence-corrected chi connectivity index (χ0v) is 14.3. The van der Waals surface area contributed by atoms with Gasteiger partial charge in [0.25, 0.3) is 0 Å². The Bertz CT molecular complexity index is 262. The normalized spacial score (nSPS) is 20.4. The minimum Gasteiger partial charge on any atom is -0.405 e. The summed E-state index contributed by atoms with van der Waals surface area (Å²) in [4.78, 5) is 4.02. The Labute approximate surface area is 131 Å². The fourth-order valence-corrected chi connectivity index (χ4v) is 2.48. The molecule has 21 heavy (non-hydrogen) atoms. The highest BCUT2D eigenvalue weighted by Crippen LogP contribution is 2.22. The van der Waals surface area contributed by atoms with Gasteiger partial charge in [-0.2, -0.15) is 0 Å². The van der Waals surface area contributed by atoms with Crippen molar-refractivity contribution < 1.29 is 5.11 Å². The fraction of sp³-hybridized carbons (Fsp3) is 0.833. The molecule has 0 bridgehead atoms. The van der Waals surface area contributed by atoms with Gasteiger partial charge < -0.3 is 10.8 Å². The average Bonchev–Trinajstić information content (AvgIpc) is 2.92. The molecule has 0 atom stereocenters. The van der Waals surface area contributed by atoms with Crippen LogP contribution in [0.4, 0.5) is 0 Å². The van der Waals surface area contributed by atoms with Crippen molar-refractivity contribution in [3.05, 3.63) is 12.3 Å². The fourth-order valence-electron chi connectivity index (χ4n) is 2.48. The molecule has 0 unspecified atom stereocenters. The Kier molecular flexibility index (Phi) is 13.6. The van der Waals surface area contributed by atoms with E-state index in [0.717, 1.165) is 18.8 Å². The van der Waals surface area contributed by atoms with Crippen LogP contribution in [0.3, 0.4) is 0 Å². The zero-order valence-electron chi connectivity index (χ0n) is 14.3. The average molecular weight is 296 g/mol. The van der Waals surface area contributed by atoms with Gasteiger partial charge in [-0.1, -0.05) is 51.9 Å². The van der Waals surface area contributed by atoms with Gasteiger partial charge in [-0.15, -0.1) is 0 Å². The van der Waals surface area contributed by atoms with Crippen molar-refractivity contribution in [1.29, 1.82) is 0 Å². The topological polar surface area (TPSA) is 58.6 Å². The molecule has 0 amide bonds. The van der Waals surface area contributed by atoms with Crippen molar-refractivity contribution in [1.82, 2.24) is 0 Å². The monoisotopic (exact) mass is 296 g/mol. The van der Waals surface area contributed by atoms with E-state index in [4.69, 9.17) is 10.8 Å². The molecule has 0 aromatic heterocycles. The lowest BCUT2D eigenvalue weighted by Crippen LogP contribution is -2.09. The molecule has 0 aliphatic heterocycles. The molecule has 0 radical (unpaired) electrons. The molecule has 3 heteroatoms. The van der Waals surface area contributed by atoms with Gasteiger partial charge in [-0.25, -0.2) is 0 Å². The van der Waals surface area contributed by atoms with E-state index in [0.29, 0.717) is 6.04 Å². The maximum Gasteiger partial charge on any atom is 0.0540 e. The minimum atomic E-state index is 0.0359. The van der Waals surface area contributed by atoms with Crippen LogP contribution in [0.1, 0.15) is 78.6 Å². The first-order valence-electron chi connectivity index (χ1n) is 8.64. The maximum atomic E-state index is 8.91. The summed E-state index contributed by atoms with van der Waals surface area (Å²) in [6, 6.07) is 0.367. The summed E-state index contributed by atoms with van der Waals surface area (Å²) >= 11 is 0. The van der Waals surface area contributed by atoms with E-state index < -0.39 is 0 Å². The summed E-state index contributed by atoms with van der Waals surface area (Å²) < 4.78 is 0. The molecule has 2 saturated carbocycles. The van der Waals surface area contributed by atoms with Gasteiger partial charge in [0.05, 0.1) is 6.10 Å². The Morgan fingerprint density at radius 3 is 1.81 bits per heavy atom. The number of aliphatic hydroxyl groups is 1. The Balaban J connectivity index is 0.000000288. The molecular formula is C18H36N2O. The van der Waals surface area contributed by atoms with Gasteiger partial charge >= 0.3 is 0 Å². The highest BCUT2D eigenvalue weighted by Gasteiger charge is 2.08. The van der Waals surface area contributed by atoms with Gasteiger partial charge in [0.2, 0.25) is 0 Å². The minimum absolute atomic E-state index is 0.0359. The molecule has 0 spiro atoms. The number of hydrogen-bond acceptors (Lipinski definition) is 3. The van der Waals surface area contributed by atoms with Crippen LogP contribution < -0.4 is 5.73 Å². The number of nitrogens with zero attached hydrogens (tertiary/aromatic N) is 1. The maximum absolute atomic E-state index is 8.91. The van der Waals surface area contributed by atoms with Crippen LogP contribution in [0.15, 0.2) is 17.3 Å². The van der Waals surface area contributed by atoms with E-state index in [1.165, 1.54) is 51.1 Å². The predicted molar refractivity (Wildman–Crippen MR) is 93.7 cm³/mol. The lowest BCUT2D eigenvalue weighted by molar-refractivity contribution is 0.130. The molecule has 0 heterocycles. The van der Waals surface area contributed by atoms with Gasteiger partial charge in [0, 0.05) is 12.3 Å². The first-order valence-corrected chi connectivity index (χ1v) is 8.64. The third-order valence-electron chi connectivity index (χ3n) is 3.80. The second-order valence-corrected chi connectivity index (χ2v) is 6.46. The van der Waals surface area contributed by atoms with Crippen LogP contribution >= 0.6 is 0 Å². The third kappa shape index (κ3) is 15.4. The SMILES string of the molecule is CC(C)N=C/C=C\N.CC1CCCC1.OC1CCCCC1. The molecule has 3 N–H and O–H groups in total. The van der Waals surface area contributed by atoms with E-state index >= 15 is 0 Å². The highest BCUT2D eigenvalue weighted by molar-refractivity contribution is 5.70. The lowest BCUT2D eigenvalue weighted by Gasteiger charge is -2.14. The van der Waals surface area contributed by atoms with Crippen molar-refractivity contribution in [2.75, 3.05) is 0 Å². The highest BCUT2D eigenvalue weighted by atomic mass is 16.3. The number of hydrogen-bond donors (Lipinski definition) is 2. The van der Waals surface area contributed by atoms with Gasteiger partial charge in [0.15, 0.2) is 0 Å². The summed E-state index contributed by atoms with van der Waals surface area (Å²) in [5, 5.41) is 8.91. The number of aliphatic hydroxyl groups excluding tert-OH is 1. The number of nitrogens with two attached hydrogens (primary N) is 1. The zero-order chi connectivity index (χ0) is 15.9. The van der Waals surface area contributed by atoms with Crippen molar-refractivity contribution >= 4 is 6.21 Å². The molecule has 0 aromatic rings. The second kappa shape index (κ2) is 14.1. The smallest absolute Gasteiger partial charge is 0.0540 e. The molecule has 0 aromatic carbocycles. The number of aliphatic imine (C=N–C) groups is 1. The summed E-state index contributed by atoms with van der Waals surface area (Å²) in [6.45, 7) is 6.37. The molecular weight excluding hydrogens is 260 g/mol. The first-order chi connectivity index (χ1) is 10.1. The van der Waals surface area contributed by atoms with Crippen molar-refractivity contribution in [2.45, 2.75) is 90.7 Å². The summed E-state index contributed by atoms with van der Waals surface area (Å²) in [5.74, 6) is 1.05. The third-order valence-corrected chi connectivity index (χ3v) is 3.80. The van der Waals surface area contributed by atoms with Crippen molar-refractivity contribution in [2.24, 2.45) is 16.6 Å². The first kappa shape index (κ1) is 20.2. The van der Waals surface area contributed by atoms with Crippen LogP contribution in [0.25, 0.3) is 0 Å². The molecule has 3 nitrogen and oxygen atoms in total. The summed E-state index contributed by atoms with van der Waals surface area (Å²) in [7, 11) is 0. The van der Waals surface area contributed by atoms with Crippen LogP contribution in [0.5, 0.6) is 0 Å². The molecule has 2 aliphatic carbocycles. The number of rotatable bonds is 2. The van der Waals surface area contributed by atoms with Crippen molar-refractivity contribution in [3.8, 4) is 0 Å². The summed E-state index contributed by atoms with van der Waals surface area (Å²) in [6.07, 6.45) is 16.7. The van der Waals surface area contributed by atoms with Crippen LogP contribution in [0, 0.1) is 5.92 Å². The van der Waals surface area contributed by atoms with Crippen LogP contribution in [-0.4, -0.2) is 23.5 Å². The van der Waals surface area contributed by atoms with E-state index in [1.54, 1.807) is 12.3 Å². The Morgan fingerprint density at radius 1 is 1.00 bits per heavy atom. The molecule has 2 rings (SSSR count). The predicted octanol–water partition coefficient (Wildman–Crippen LogP) is 4.45. The largest absolute Gasteiger partial charge is 0.405 e. The van der Waals surface area contributed by atoms with E-state index in [-0.39, 0.29) is 6.10 Å². The van der Waals surface area contributed by atoms with E-state index in [2.05, 4.69) is 11.9 Å². The Hall–Kier alpha value is -0.830. The Morgan fingerprint density at radius 2 is 1.52 bits per heavy atom. The van der Waals surface area contributed by atoms with Gasteiger partial charge in [0.1, 0.15) is 0 Å². The van der Waals surface area contributed by atoms with Crippen LogP contribution in [-0.2, 0) is 0 Å². The van der Waals surface area contributed by atoms with Gasteiger partial charge in [-0.3, -0.25) is 4.99 Å². The van der Waals surface area contributed by atoms with E-state index in [9.17, 15) is 0 Å². The number of allylic oxidation sites excluding steroid dienone is 1. The van der Waals surface area contributed by atoms with Crippen molar-refractivity contribution in [3.63, 3.8) is 0 Å². The lowest BCUT2D eigenvalue weighted by atomic mass is 9.98.